The number of carbonyl (C=O) groups is 2. The molecule has 238 valence electrons. The molecule has 1 N–H and O–H groups in total. The first-order chi connectivity index (χ1) is 22.0. The molecule has 1 spiro atoms. The molecule has 0 radical (unpaired) electrons. The summed E-state index contributed by atoms with van der Waals surface area (Å²) >= 11 is 0. The lowest BCUT2D eigenvalue weighted by atomic mass is 9.82. The van der Waals surface area contributed by atoms with Gasteiger partial charge in [-0.25, -0.2) is 0 Å². The highest BCUT2D eigenvalue weighted by molar-refractivity contribution is 6.72. The Bertz CT molecular complexity index is 1940. The summed E-state index contributed by atoms with van der Waals surface area (Å²) in [6.07, 6.45) is 1.17. The van der Waals surface area contributed by atoms with Crippen LogP contribution < -0.4 is 10.5 Å². The van der Waals surface area contributed by atoms with Gasteiger partial charge in [-0.1, -0.05) is 49.4 Å². The summed E-state index contributed by atoms with van der Waals surface area (Å²) in [5, 5.41) is 15.8. The summed E-state index contributed by atoms with van der Waals surface area (Å²) in [6, 6.07) is 19.9. The van der Waals surface area contributed by atoms with Crippen molar-refractivity contribution in [3.63, 3.8) is 0 Å². The maximum Gasteiger partial charge on any atom is 0.279 e. The van der Waals surface area contributed by atoms with Crippen molar-refractivity contribution < 1.29 is 23.5 Å². The van der Waals surface area contributed by atoms with Crippen molar-refractivity contribution in [3.8, 4) is 5.69 Å². The molecular weight excluding hydrogens is 603 g/mol. The zero-order valence-corrected chi connectivity index (χ0v) is 27.3. The van der Waals surface area contributed by atoms with Crippen molar-refractivity contribution in [2.75, 3.05) is 18.6 Å². The summed E-state index contributed by atoms with van der Waals surface area (Å²) in [5.74, 6) is -1.17. The zero-order chi connectivity index (χ0) is 32.5. The third kappa shape index (κ3) is 4.55. The molecule has 3 aliphatic heterocycles. The van der Waals surface area contributed by atoms with E-state index < -0.39 is 37.6 Å². The molecule has 5 atom stereocenters. The highest BCUT2D eigenvalue weighted by atomic mass is 28.4. The van der Waals surface area contributed by atoms with Gasteiger partial charge in [0.1, 0.15) is 0 Å². The second-order valence-electron chi connectivity index (χ2n) is 13.3. The minimum atomic E-state index is -3.52. The van der Waals surface area contributed by atoms with Gasteiger partial charge in [-0.05, 0) is 54.9 Å². The maximum absolute atomic E-state index is 16.3. The second-order valence-corrected chi connectivity index (χ2v) is 17.1. The average molecular weight is 641 g/mol. The number of aliphatic hydroxyl groups excluding tert-OH is 1. The Morgan fingerprint density at radius 2 is 1.80 bits per heavy atom. The molecule has 3 aromatic carbocycles. The lowest BCUT2D eigenvalue weighted by Crippen LogP contribution is -2.48. The number of hydrogen-bond acceptors (Lipinski definition) is 6. The zero-order valence-electron chi connectivity index (χ0n) is 26.3. The van der Waals surface area contributed by atoms with Gasteiger partial charge in [0.25, 0.3) is 11.5 Å². The first-order valence-corrected chi connectivity index (χ1v) is 18.6. The Balaban J connectivity index is 1.28. The fourth-order valence-electron chi connectivity index (χ4n) is 8.08. The Kier molecular flexibility index (Phi) is 7.26. The lowest BCUT2D eigenvalue weighted by Gasteiger charge is -2.37. The topological polar surface area (TPSA) is 105 Å². The minimum absolute atomic E-state index is 0.118. The Labute approximate surface area is 267 Å². The lowest BCUT2D eigenvalue weighted by molar-refractivity contribution is -0.150. The van der Waals surface area contributed by atoms with Gasteiger partial charge in [-0.2, -0.15) is 9.78 Å². The summed E-state index contributed by atoms with van der Waals surface area (Å²) < 4.78 is 24.4. The number of amides is 2. The van der Waals surface area contributed by atoms with Gasteiger partial charge in [0.05, 0.1) is 48.1 Å². The number of nitrogens with zero attached hydrogens (tertiary/aromatic N) is 4. The predicted molar refractivity (Wildman–Crippen MR) is 175 cm³/mol. The molecule has 2 amide bonds. The van der Waals surface area contributed by atoms with Crippen LogP contribution in [-0.2, 0) is 32.9 Å². The van der Waals surface area contributed by atoms with Crippen molar-refractivity contribution in [1.82, 2.24) is 14.7 Å². The molecule has 4 heterocycles. The van der Waals surface area contributed by atoms with Crippen molar-refractivity contribution in [2.45, 2.75) is 62.7 Å². The van der Waals surface area contributed by atoms with Crippen LogP contribution in [0.15, 0.2) is 77.7 Å². The molecule has 7 rings (SSSR count). The molecule has 11 heteroatoms. The molecule has 46 heavy (non-hydrogen) atoms. The third-order valence-corrected chi connectivity index (χ3v) is 12.7. The van der Waals surface area contributed by atoms with E-state index in [2.05, 4.69) is 5.10 Å². The van der Waals surface area contributed by atoms with E-state index in [9.17, 15) is 19.5 Å². The van der Waals surface area contributed by atoms with Crippen LogP contribution in [-0.4, -0.2) is 65.8 Å². The van der Waals surface area contributed by atoms with E-state index in [0.717, 1.165) is 16.5 Å². The Morgan fingerprint density at radius 1 is 1.09 bits per heavy atom. The maximum atomic E-state index is 16.3. The number of carbonyl (C=O) groups excluding carboxylic acids is 2. The first-order valence-electron chi connectivity index (χ1n) is 15.7. The molecule has 0 bridgehead atoms. The van der Waals surface area contributed by atoms with Crippen LogP contribution in [0.2, 0.25) is 18.6 Å². The Hall–Kier alpha value is -4.19. The largest absolute Gasteiger partial charge is 0.394 e. The monoisotopic (exact) mass is 640 g/mol. The number of aromatic nitrogens is 2. The fourth-order valence-corrected chi connectivity index (χ4v) is 10.6. The predicted octanol–water partition coefficient (Wildman–Crippen LogP) is 4.47. The van der Waals surface area contributed by atoms with Crippen LogP contribution in [0.5, 0.6) is 0 Å². The van der Waals surface area contributed by atoms with E-state index >= 15 is 4.11 Å². The number of hydrogen-bond donors (Lipinski definition) is 1. The van der Waals surface area contributed by atoms with Crippen LogP contribution in [0.4, 0.5) is 9.80 Å². The number of aliphatic hydroxyl groups is 1. The molecule has 0 aliphatic carbocycles. The van der Waals surface area contributed by atoms with Crippen LogP contribution >= 0.6 is 0 Å². The normalized spacial score (nSPS) is 25.7. The number of fused-ring (bicyclic) bond motifs is 4. The van der Waals surface area contributed by atoms with Gasteiger partial charge < -0.3 is 23.8 Å². The van der Waals surface area contributed by atoms with Gasteiger partial charge in [0.2, 0.25) is 14.3 Å². The molecule has 0 unspecified atom stereocenters. The van der Waals surface area contributed by atoms with Gasteiger partial charge in [0, 0.05) is 36.0 Å². The molecule has 1 fully saturated rings. The number of anilines is 1. The average Bonchev–Trinajstić information content (AvgIpc) is 3.46. The van der Waals surface area contributed by atoms with E-state index in [1.165, 1.54) is 9.58 Å². The van der Waals surface area contributed by atoms with Crippen molar-refractivity contribution >= 4 is 36.7 Å². The van der Waals surface area contributed by atoms with Gasteiger partial charge >= 0.3 is 0 Å². The minimum Gasteiger partial charge on any atom is -0.394 e. The first kappa shape index (κ1) is 30.5. The highest BCUT2D eigenvalue weighted by Crippen LogP contribution is 2.60. The standard InChI is InChI=1S/C35H37FN4O5Si/c1-21-32(46(3,4)36)30(17-31(42)39-19-24-11-6-5-9-22(24)15-26(39)20-41)45-35(21)28-16-25(13-14-29(28)38(2)34(35)44)40-33(43)27-12-8-7-10-23(27)18-37-40/h5-14,16,18,21,26,30,32,41H,15,17,19-20H2,1-4H3/t21-,26+,30+,32-,35+/m1/s1. The molecule has 1 aromatic heterocycles. The van der Waals surface area contributed by atoms with Crippen molar-refractivity contribution in [1.29, 1.82) is 0 Å². The van der Waals surface area contributed by atoms with E-state index in [1.807, 2.05) is 43.3 Å². The van der Waals surface area contributed by atoms with Gasteiger partial charge in [-0.3, -0.25) is 14.4 Å². The SMILES string of the molecule is C[C@@H]1[C@@H]([Si](C)(C)F)[C@H](CC(=O)N2Cc3ccccc3C[C@H]2CO)O[C@@]12C(=O)N(C)c1ccc(-n3ncc4ccccc4c3=O)cc12. The number of ether oxygens (including phenoxy) is 1. The van der Waals surface area contributed by atoms with Crippen molar-refractivity contribution in [2.24, 2.45) is 5.92 Å². The van der Waals surface area contributed by atoms with Gasteiger partial charge in [-0.15, -0.1) is 0 Å². The van der Waals surface area contributed by atoms with E-state index in [0.29, 0.717) is 35.3 Å². The quantitative estimate of drug-likeness (QED) is 0.255. The highest BCUT2D eigenvalue weighted by Gasteiger charge is 2.66. The van der Waals surface area contributed by atoms with Gasteiger partial charge in [0.15, 0.2) is 5.60 Å². The van der Waals surface area contributed by atoms with E-state index in [4.69, 9.17) is 4.74 Å². The van der Waals surface area contributed by atoms with Crippen LogP contribution in [0.3, 0.4) is 0 Å². The van der Waals surface area contributed by atoms with Crippen LogP contribution in [0.25, 0.3) is 16.5 Å². The van der Waals surface area contributed by atoms with E-state index in [1.54, 1.807) is 61.6 Å². The van der Waals surface area contributed by atoms with Crippen LogP contribution in [0, 0.1) is 5.92 Å². The molecule has 9 nitrogen and oxygen atoms in total. The summed E-state index contributed by atoms with van der Waals surface area (Å²) in [4.78, 5) is 44.8. The summed E-state index contributed by atoms with van der Waals surface area (Å²) in [5.41, 5.74) is 1.19. The molecular formula is C35H37FN4O5Si. The number of benzene rings is 3. The summed E-state index contributed by atoms with van der Waals surface area (Å²) in [7, 11) is -1.86. The fraction of sp³-hybridized carbons (Fsp3) is 0.371. The molecule has 3 aliphatic rings. The number of halogens is 1. The van der Waals surface area contributed by atoms with Crippen molar-refractivity contribution in [3.05, 3.63) is 100.0 Å². The number of rotatable bonds is 5. The molecule has 0 saturated carbocycles. The Morgan fingerprint density at radius 3 is 2.54 bits per heavy atom. The summed E-state index contributed by atoms with van der Waals surface area (Å²) in [6.45, 7) is 5.18. The van der Waals surface area contributed by atoms with E-state index in [-0.39, 0.29) is 30.4 Å². The molecule has 1 saturated heterocycles. The second kappa shape index (κ2) is 11.0. The molecule has 4 aromatic rings. The smallest absolute Gasteiger partial charge is 0.279 e. The number of likely N-dealkylation sites (N-methyl/N-ethyl adjacent to an activating group) is 1. The van der Waals surface area contributed by atoms with Crippen LogP contribution in [0.1, 0.15) is 30.0 Å². The third-order valence-electron chi connectivity index (χ3n) is 10.3.